The Bertz CT molecular complexity index is 534. The highest BCUT2D eigenvalue weighted by Gasteiger charge is 2.22. The molecule has 0 atom stereocenters. The van der Waals surface area contributed by atoms with Crippen LogP contribution in [0.2, 0.25) is 0 Å². The molecule has 0 aliphatic carbocycles. The zero-order valence-electron chi connectivity index (χ0n) is 12.6. The molecule has 2 amide bonds. The molecule has 21 heavy (non-hydrogen) atoms. The molecule has 1 heterocycles. The van der Waals surface area contributed by atoms with E-state index in [9.17, 15) is 9.59 Å². The average Bonchev–Trinajstić information content (AvgIpc) is 2.49. The number of carboxylic acid groups (broad SMARTS) is 1. The van der Waals surface area contributed by atoms with E-state index in [1.165, 1.54) is 0 Å². The third-order valence-corrected chi connectivity index (χ3v) is 4.28. The number of hydrogen-bond donors (Lipinski definition) is 2. The molecule has 1 saturated heterocycles. The van der Waals surface area contributed by atoms with Crippen molar-refractivity contribution in [2.24, 2.45) is 5.92 Å². The van der Waals surface area contributed by atoms with Crippen LogP contribution < -0.4 is 5.32 Å². The number of amides is 2. The number of aromatic carboxylic acids is 1. The Hall–Kier alpha value is -2.04. The number of nitrogens with one attached hydrogen (secondary N) is 1. The van der Waals surface area contributed by atoms with Gasteiger partial charge >= 0.3 is 12.0 Å². The van der Waals surface area contributed by atoms with E-state index in [1.54, 1.807) is 30.0 Å². The van der Waals surface area contributed by atoms with Crippen LogP contribution in [0.15, 0.2) is 18.2 Å². The molecule has 1 aromatic carbocycles. The highest BCUT2D eigenvalue weighted by molar-refractivity contribution is 5.95. The first-order chi connectivity index (χ1) is 10.0. The number of anilines is 1. The van der Waals surface area contributed by atoms with Gasteiger partial charge in [0.1, 0.15) is 0 Å². The van der Waals surface area contributed by atoms with Gasteiger partial charge in [-0.25, -0.2) is 9.59 Å². The molecule has 1 aliphatic rings. The monoisotopic (exact) mass is 290 g/mol. The van der Waals surface area contributed by atoms with Crippen LogP contribution in [-0.2, 0) is 0 Å². The lowest BCUT2D eigenvalue weighted by atomic mass is 9.95. The van der Waals surface area contributed by atoms with Gasteiger partial charge in [-0.3, -0.25) is 0 Å². The van der Waals surface area contributed by atoms with Crippen molar-refractivity contribution in [2.75, 3.05) is 18.4 Å². The number of carbonyl (C=O) groups excluding carboxylic acids is 1. The fourth-order valence-electron chi connectivity index (χ4n) is 2.74. The van der Waals surface area contributed by atoms with Gasteiger partial charge in [0.15, 0.2) is 0 Å². The molecule has 0 bridgehead atoms. The van der Waals surface area contributed by atoms with Crippen LogP contribution in [0.25, 0.3) is 0 Å². The largest absolute Gasteiger partial charge is 0.478 e. The Labute approximate surface area is 125 Å². The second kappa shape index (κ2) is 6.61. The summed E-state index contributed by atoms with van der Waals surface area (Å²) in [6, 6.07) is 4.78. The van der Waals surface area contributed by atoms with E-state index in [1.807, 2.05) is 0 Å². The molecule has 2 rings (SSSR count). The third-order valence-electron chi connectivity index (χ3n) is 4.28. The minimum atomic E-state index is -0.979. The number of benzene rings is 1. The van der Waals surface area contributed by atoms with Gasteiger partial charge in [-0.15, -0.1) is 0 Å². The van der Waals surface area contributed by atoms with Crippen LogP contribution >= 0.6 is 0 Å². The maximum atomic E-state index is 12.3. The highest BCUT2D eigenvalue weighted by atomic mass is 16.4. The zero-order valence-corrected chi connectivity index (χ0v) is 12.6. The van der Waals surface area contributed by atoms with Gasteiger partial charge in [0.05, 0.1) is 5.56 Å². The van der Waals surface area contributed by atoms with Crippen molar-refractivity contribution in [1.29, 1.82) is 0 Å². The van der Waals surface area contributed by atoms with Crippen molar-refractivity contribution in [2.45, 2.75) is 33.1 Å². The van der Waals surface area contributed by atoms with Gasteiger partial charge < -0.3 is 15.3 Å². The second-order valence-corrected chi connectivity index (χ2v) is 5.55. The molecular weight excluding hydrogens is 268 g/mol. The van der Waals surface area contributed by atoms with Crippen molar-refractivity contribution >= 4 is 17.7 Å². The minimum Gasteiger partial charge on any atom is -0.478 e. The van der Waals surface area contributed by atoms with Gasteiger partial charge in [-0.2, -0.15) is 0 Å². The molecule has 0 radical (unpaired) electrons. The van der Waals surface area contributed by atoms with Crippen LogP contribution in [0.5, 0.6) is 0 Å². The summed E-state index contributed by atoms with van der Waals surface area (Å²) in [5.41, 5.74) is 1.37. The Balaban J connectivity index is 2.03. The molecule has 0 unspecified atom stereocenters. The summed E-state index contributed by atoms with van der Waals surface area (Å²) in [5, 5.41) is 11.9. The first-order valence-corrected chi connectivity index (χ1v) is 7.41. The van der Waals surface area contributed by atoms with Crippen LogP contribution in [0.4, 0.5) is 10.5 Å². The van der Waals surface area contributed by atoms with Gasteiger partial charge in [0.25, 0.3) is 0 Å². The van der Waals surface area contributed by atoms with Crippen molar-refractivity contribution in [3.8, 4) is 0 Å². The predicted octanol–water partition coefficient (Wildman–Crippen LogP) is 3.35. The summed E-state index contributed by atoms with van der Waals surface area (Å²) in [4.78, 5) is 25.2. The molecular formula is C16H22N2O3. The number of likely N-dealkylation sites (tertiary alicyclic amines) is 1. The normalized spacial score (nSPS) is 15.8. The van der Waals surface area contributed by atoms with Crippen LogP contribution in [0.1, 0.15) is 42.1 Å². The summed E-state index contributed by atoms with van der Waals surface area (Å²) in [6.07, 6.45) is 3.24. The summed E-state index contributed by atoms with van der Waals surface area (Å²) < 4.78 is 0. The number of urea groups is 1. The lowest BCUT2D eigenvalue weighted by molar-refractivity contribution is 0.0696. The third kappa shape index (κ3) is 3.54. The zero-order chi connectivity index (χ0) is 15.4. The lowest BCUT2D eigenvalue weighted by Crippen LogP contribution is -2.41. The lowest BCUT2D eigenvalue weighted by Gasteiger charge is -2.31. The topological polar surface area (TPSA) is 69.6 Å². The molecule has 0 saturated carbocycles. The number of rotatable bonds is 3. The average molecular weight is 290 g/mol. The minimum absolute atomic E-state index is 0.143. The Kier molecular flexibility index (Phi) is 4.83. The summed E-state index contributed by atoms with van der Waals surface area (Å²) in [5.74, 6) is -0.265. The first-order valence-electron chi connectivity index (χ1n) is 7.41. The molecule has 1 aromatic rings. The van der Waals surface area contributed by atoms with Crippen molar-refractivity contribution < 1.29 is 14.7 Å². The van der Waals surface area contributed by atoms with Gasteiger partial charge in [0.2, 0.25) is 0 Å². The number of piperidine rings is 1. The number of hydrogen-bond acceptors (Lipinski definition) is 2. The Morgan fingerprint density at radius 2 is 2.00 bits per heavy atom. The number of carbonyl (C=O) groups is 2. The SMILES string of the molecule is CCC1CCN(C(=O)Nc2cccc(C(=O)O)c2C)CC1. The second-order valence-electron chi connectivity index (χ2n) is 5.55. The number of carboxylic acids is 1. The van der Waals surface area contributed by atoms with Gasteiger partial charge in [0, 0.05) is 18.8 Å². The highest BCUT2D eigenvalue weighted by Crippen LogP contribution is 2.22. The van der Waals surface area contributed by atoms with E-state index in [0.717, 1.165) is 32.4 Å². The molecule has 114 valence electrons. The van der Waals surface area contributed by atoms with Gasteiger partial charge in [-0.1, -0.05) is 19.4 Å². The molecule has 0 spiro atoms. The quantitative estimate of drug-likeness (QED) is 0.897. The standard InChI is InChI=1S/C16H22N2O3/c1-3-12-7-9-18(10-8-12)16(21)17-14-6-4-5-13(11(14)2)15(19)20/h4-6,12H,3,7-10H2,1-2H3,(H,17,21)(H,19,20). The van der Waals surface area contributed by atoms with Crippen molar-refractivity contribution in [3.63, 3.8) is 0 Å². The number of nitrogens with zero attached hydrogens (tertiary/aromatic N) is 1. The van der Waals surface area contributed by atoms with E-state index >= 15 is 0 Å². The maximum Gasteiger partial charge on any atom is 0.336 e. The van der Waals surface area contributed by atoms with E-state index in [4.69, 9.17) is 5.11 Å². The van der Waals surface area contributed by atoms with Crippen LogP contribution in [0.3, 0.4) is 0 Å². The van der Waals surface area contributed by atoms with Crippen LogP contribution in [-0.4, -0.2) is 35.1 Å². The summed E-state index contributed by atoms with van der Waals surface area (Å²) >= 11 is 0. The molecule has 5 heteroatoms. The fraction of sp³-hybridized carbons (Fsp3) is 0.500. The molecule has 1 aliphatic heterocycles. The molecule has 5 nitrogen and oxygen atoms in total. The predicted molar refractivity (Wildman–Crippen MR) is 81.7 cm³/mol. The van der Waals surface area contributed by atoms with Crippen molar-refractivity contribution in [3.05, 3.63) is 29.3 Å². The van der Waals surface area contributed by atoms with E-state index < -0.39 is 5.97 Å². The van der Waals surface area contributed by atoms with E-state index in [-0.39, 0.29) is 11.6 Å². The van der Waals surface area contributed by atoms with Gasteiger partial charge in [-0.05, 0) is 43.4 Å². The maximum absolute atomic E-state index is 12.3. The van der Waals surface area contributed by atoms with E-state index in [0.29, 0.717) is 17.2 Å². The van der Waals surface area contributed by atoms with E-state index in [2.05, 4.69) is 12.2 Å². The Morgan fingerprint density at radius 1 is 1.33 bits per heavy atom. The molecule has 1 fully saturated rings. The first kappa shape index (κ1) is 15.4. The fourth-order valence-corrected chi connectivity index (χ4v) is 2.74. The van der Waals surface area contributed by atoms with Crippen molar-refractivity contribution in [1.82, 2.24) is 4.90 Å². The van der Waals surface area contributed by atoms with Crippen LogP contribution in [0, 0.1) is 12.8 Å². The molecule has 0 aromatic heterocycles. The Morgan fingerprint density at radius 3 is 2.57 bits per heavy atom. The smallest absolute Gasteiger partial charge is 0.336 e. The summed E-state index contributed by atoms with van der Waals surface area (Å²) in [6.45, 7) is 5.42. The summed E-state index contributed by atoms with van der Waals surface area (Å²) in [7, 11) is 0. The molecule has 2 N–H and O–H groups in total.